The van der Waals surface area contributed by atoms with Crippen LogP contribution in [-0.2, 0) is 6.54 Å². The SMILES string of the molecule is Cc1nc([C@H](C)N(C)Cc2cn[nH]c2-c2cc3ccccc3o2)c(C)s1. The van der Waals surface area contributed by atoms with E-state index in [0.717, 1.165) is 45.2 Å². The molecular formula is C20H22N4OS. The van der Waals surface area contributed by atoms with Crippen LogP contribution < -0.4 is 0 Å². The molecule has 1 N–H and O–H groups in total. The number of rotatable bonds is 5. The van der Waals surface area contributed by atoms with Gasteiger partial charge < -0.3 is 4.42 Å². The quantitative estimate of drug-likeness (QED) is 0.534. The molecule has 0 unspecified atom stereocenters. The molecule has 0 radical (unpaired) electrons. The van der Waals surface area contributed by atoms with Crippen molar-refractivity contribution in [1.29, 1.82) is 0 Å². The second-order valence-electron chi connectivity index (χ2n) is 6.68. The van der Waals surface area contributed by atoms with E-state index < -0.39 is 0 Å². The monoisotopic (exact) mass is 366 g/mol. The van der Waals surface area contributed by atoms with Crippen molar-refractivity contribution in [2.75, 3.05) is 7.05 Å². The number of fused-ring (bicyclic) bond motifs is 1. The number of aromatic nitrogens is 3. The maximum absolute atomic E-state index is 6.00. The number of benzene rings is 1. The van der Waals surface area contributed by atoms with E-state index in [1.165, 1.54) is 4.88 Å². The predicted molar refractivity (Wildman–Crippen MR) is 105 cm³/mol. The lowest BCUT2D eigenvalue weighted by atomic mass is 10.1. The molecule has 4 rings (SSSR count). The van der Waals surface area contributed by atoms with E-state index in [2.05, 4.69) is 55.0 Å². The molecular weight excluding hydrogens is 344 g/mol. The molecule has 1 atom stereocenters. The minimum absolute atomic E-state index is 0.235. The molecule has 0 aliphatic heterocycles. The van der Waals surface area contributed by atoms with E-state index in [1.807, 2.05) is 24.4 Å². The van der Waals surface area contributed by atoms with Gasteiger partial charge in [0, 0.05) is 22.4 Å². The van der Waals surface area contributed by atoms with Crippen molar-refractivity contribution in [3.63, 3.8) is 0 Å². The Hall–Kier alpha value is -2.44. The van der Waals surface area contributed by atoms with Gasteiger partial charge in [-0.1, -0.05) is 18.2 Å². The molecule has 26 heavy (non-hydrogen) atoms. The highest BCUT2D eigenvalue weighted by atomic mass is 32.1. The van der Waals surface area contributed by atoms with E-state index in [1.54, 1.807) is 11.3 Å². The fourth-order valence-corrected chi connectivity index (χ4v) is 4.20. The molecule has 134 valence electrons. The van der Waals surface area contributed by atoms with E-state index in [0.29, 0.717) is 0 Å². The van der Waals surface area contributed by atoms with Gasteiger partial charge in [-0.15, -0.1) is 11.3 Å². The Morgan fingerprint density at radius 3 is 2.81 bits per heavy atom. The Bertz CT molecular complexity index is 1010. The van der Waals surface area contributed by atoms with Gasteiger partial charge in [-0.3, -0.25) is 10.00 Å². The van der Waals surface area contributed by atoms with Crippen LogP contribution in [0.2, 0.25) is 0 Å². The van der Waals surface area contributed by atoms with Crippen molar-refractivity contribution in [1.82, 2.24) is 20.1 Å². The highest BCUT2D eigenvalue weighted by Crippen LogP contribution is 2.31. The summed E-state index contributed by atoms with van der Waals surface area (Å²) in [6, 6.07) is 10.3. The van der Waals surface area contributed by atoms with Gasteiger partial charge in [-0.2, -0.15) is 5.10 Å². The maximum Gasteiger partial charge on any atom is 0.153 e. The van der Waals surface area contributed by atoms with Crippen molar-refractivity contribution in [3.05, 3.63) is 57.7 Å². The Balaban J connectivity index is 1.59. The molecule has 0 saturated carbocycles. The zero-order chi connectivity index (χ0) is 18.3. The molecule has 4 aromatic rings. The fraction of sp³-hybridized carbons (Fsp3) is 0.300. The second-order valence-corrected chi connectivity index (χ2v) is 8.09. The maximum atomic E-state index is 6.00. The number of hydrogen-bond acceptors (Lipinski definition) is 5. The topological polar surface area (TPSA) is 58.0 Å². The van der Waals surface area contributed by atoms with Gasteiger partial charge in [-0.25, -0.2) is 4.98 Å². The molecule has 0 bridgehead atoms. The van der Waals surface area contributed by atoms with Crippen molar-refractivity contribution in [2.45, 2.75) is 33.4 Å². The minimum atomic E-state index is 0.235. The summed E-state index contributed by atoms with van der Waals surface area (Å²) in [5, 5.41) is 9.56. The van der Waals surface area contributed by atoms with Crippen LogP contribution in [0.5, 0.6) is 0 Å². The van der Waals surface area contributed by atoms with Crippen LogP contribution in [0.4, 0.5) is 0 Å². The van der Waals surface area contributed by atoms with Gasteiger partial charge in [0.1, 0.15) is 11.3 Å². The van der Waals surface area contributed by atoms with Gasteiger partial charge in [0.15, 0.2) is 5.76 Å². The van der Waals surface area contributed by atoms with Crippen molar-refractivity contribution >= 4 is 22.3 Å². The van der Waals surface area contributed by atoms with Gasteiger partial charge in [0.2, 0.25) is 0 Å². The van der Waals surface area contributed by atoms with Crippen LogP contribution in [0.25, 0.3) is 22.4 Å². The molecule has 3 heterocycles. The molecule has 5 nitrogen and oxygen atoms in total. The van der Waals surface area contributed by atoms with E-state index in [-0.39, 0.29) is 6.04 Å². The third-order valence-corrected chi connectivity index (χ3v) is 5.71. The van der Waals surface area contributed by atoms with Crippen LogP contribution in [0.3, 0.4) is 0 Å². The Kier molecular flexibility index (Phi) is 4.38. The summed E-state index contributed by atoms with van der Waals surface area (Å²) < 4.78 is 6.00. The third-order valence-electron chi connectivity index (χ3n) is 4.81. The first-order valence-corrected chi connectivity index (χ1v) is 9.50. The number of nitrogens with one attached hydrogen (secondary N) is 1. The highest BCUT2D eigenvalue weighted by Gasteiger charge is 2.20. The number of thiazole rings is 1. The summed E-state index contributed by atoms with van der Waals surface area (Å²) >= 11 is 1.75. The second kappa shape index (κ2) is 6.70. The Morgan fingerprint density at radius 1 is 1.27 bits per heavy atom. The number of para-hydroxylation sites is 1. The first kappa shape index (κ1) is 17.0. The summed E-state index contributed by atoms with van der Waals surface area (Å²) in [5.41, 5.74) is 4.09. The van der Waals surface area contributed by atoms with Crippen LogP contribution in [-0.4, -0.2) is 27.1 Å². The number of aromatic amines is 1. The molecule has 0 aliphatic rings. The van der Waals surface area contributed by atoms with Gasteiger partial charge >= 0.3 is 0 Å². The van der Waals surface area contributed by atoms with E-state index >= 15 is 0 Å². The normalized spacial score (nSPS) is 13.0. The van der Waals surface area contributed by atoms with Crippen molar-refractivity contribution in [3.8, 4) is 11.5 Å². The Labute approximate surface area is 156 Å². The van der Waals surface area contributed by atoms with Crippen molar-refractivity contribution in [2.24, 2.45) is 0 Å². The summed E-state index contributed by atoms with van der Waals surface area (Å²) in [6.45, 7) is 7.16. The largest absolute Gasteiger partial charge is 0.454 e. The number of hydrogen-bond donors (Lipinski definition) is 1. The molecule has 3 aromatic heterocycles. The third kappa shape index (κ3) is 3.06. The number of nitrogens with zero attached hydrogens (tertiary/aromatic N) is 3. The molecule has 1 aromatic carbocycles. The number of aryl methyl sites for hydroxylation is 2. The molecule has 0 fully saturated rings. The van der Waals surface area contributed by atoms with Crippen LogP contribution in [0, 0.1) is 13.8 Å². The predicted octanol–water partition coefficient (Wildman–Crippen LogP) is 5.09. The van der Waals surface area contributed by atoms with Gasteiger partial charge in [-0.05, 0) is 40.0 Å². The smallest absolute Gasteiger partial charge is 0.153 e. The van der Waals surface area contributed by atoms with Gasteiger partial charge in [0.05, 0.1) is 22.9 Å². The number of furan rings is 1. The standard InChI is InChI=1S/C20H22N4OS/c1-12(19-13(2)26-14(3)22-19)24(4)11-16-10-21-23-20(16)18-9-15-7-5-6-8-17(15)25-18/h5-10,12H,11H2,1-4H3,(H,21,23)/t12-/m0/s1. The van der Waals surface area contributed by atoms with Gasteiger partial charge in [0.25, 0.3) is 0 Å². The zero-order valence-corrected chi connectivity index (χ0v) is 16.2. The summed E-state index contributed by atoms with van der Waals surface area (Å²) in [5.74, 6) is 0.820. The highest BCUT2D eigenvalue weighted by molar-refractivity contribution is 7.11. The van der Waals surface area contributed by atoms with Crippen LogP contribution >= 0.6 is 11.3 Å². The van der Waals surface area contributed by atoms with E-state index in [9.17, 15) is 0 Å². The summed E-state index contributed by atoms with van der Waals surface area (Å²) in [6.07, 6.45) is 1.88. The lowest BCUT2D eigenvalue weighted by molar-refractivity contribution is 0.249. The molecule has 0 saturated heterocycles. The average Bonchev–Trinajstić information content (AvgIpc) is 3.31. The lowest BCUT2D eigenvalue weighted by Gasteiger charge is -2.23. The summed E-state index contributed by atoms with van der Waals surface area (Å²) in [4.78, 5) is 8.28. The van der Waals surface area contributed by atoms with E-state index in [4.69, 9.17) is 9.40 Å². The average molecular weight is 366 g/mol. The van der Waals surface area contributed by atoms with Crippen LogP contribution in [0.1, 0.15) is 34.1 Å². The molecule has 0 aliphatic carbocycles. The lowest BCUT2D eigenvalue weighted by Crippen LogP contribution is -2.22. The fourth-order valence-electron chi connectivity index (χ4n) is 3.30. The Morgan fingerprint density at radius 2 is 2.08 bits per heavy atom. The molecule has 6 heteroatoms. The summed E-state index contributed by atoms with van der Waals surface area (Å²) in [7, 11) is 2.12. The zero-order valence-electron chi connectivity index (χ0n) is 15.4. The first-order chi connectivity index (χ1) is 12.5. The first-order valence-electron chi connectivity index (χ1n) is 8.68. The van der Waals surface area contributed by atoms with Crippen LogP contribution in [0.15, 0.2) is 40.9 Å². The molecule has 0 spiro atoms. The molecule has 0 amide bonds. The minimum Gasteiger partial charge on any atom is -0.454 e. The van der Waals surface area contributed by atoms with Crippen molar-refractivity contribution < 1.29 is 4.42 Å². The number of H-pyrrole nitrogens is 1.